The van der Waals surface area contributed by atoms with Crippen LogP contribution < -0.4 is 16.7 Å². The van der Waals surface area contributed by atoms with E-state index in [1.54, 1.807) is 17.9 Å². The number of aryl methyl sites for hydroxylation is 1. The summed E-state index contributed by atoms with van der Waals surface area (Å²) in [7, 11) is 1.68. The van der Waals surface area contributed by atoms with E-state index in [0.717, 1.165) is 11.1 Å². The summed E-state index contributed by atoms with van der Waals surface area (Å²) in [6.45, 7) is 1.14. The third kappa shape index (κ3) is 2.85. The minimum atomic E-state index is -0.683. The number of fused-ring (bicyclic) bond motifs is 1. The molecule has 140 valence electrons. The Morgan fingerprint density at radius 1 is 1.22 bits per heavy atom. The molecule has 4 rings (SSSR count). The van der Waals surface area contributed by atoms with Crippen molar-refractivity contribution in [3.05, 3.63) is 41.1 Å². The molecule has 0 spiro atoms. The summed E-state index contributed by atoms with van der Waals surface area (Å²) in [6, 6.07) is 4.95. The third-order valence-corrected chi connectivity index (χ3v) is 4.94. The van der Waals surface area contributed by atoms with Gasteiger partial charge in [-0.2, -0.15) is 5.10 Å². The Bertz CT molecular complexity index is 1110. The topological polar surface area (TPSA) is 117 Å². The molecule has 0 radical (unpaired) electrons. The van der Waals surface area contributed by atoms with Gasteiger partial charge in [0.15, 0.2) is 0 Å². The number of piperidine rings is 1. The molecule has 1 aliphatic rings. The molecule has 1 unspecified atom stereocenters. The van der Waals surface area contributed by atoms with Crippen molar-refractivity contribution < 1.29 is 9.59 Å². The first kappa shape index (κ1) is 17.2. The Hall–Kier alpha value is -3.20. The van der Waals surface area contributed by atoms with E-state index in [1.807, 2.05) is 24.4 Å². The van der Waals surface area contributed by atoms with E-state index in [2.05, 4.69) is 10.4 Å². The number of carbonyl (C=O) groups excluding carboxylic acids is 2. The zero-order valence-electron chi connectivity index (χ0n) is 14.9. The number of nitrogens with zero attached hydrogens (tertiary/aromatic N) is 4. The van der Waals surface area contributed by atoms with Crippen LogP contribution in [0.4, 0.5) is 0 Å². The summed E-state index contributed by atoms with van der Waals surface area (Å²) in [5.41, 5.74) is 8.50. The normalized spacial score (nSPS) is 17.5. The zero-order valence-corrected chi connectivity index (χ0v) is 14.9. The number of nitrogens with one attached hydrogen (secondary N) is 1. The fourth-order valence-electron chi connectivity index (χ4n) is 3.54. The van der Waals surface area contributed by atoms with E-state index in [1.165, 1.54) is 9.13 Å². The van der Waals surface area contributed by atoms with Gasteiger partial charge in [-0.15, -0.1) is 0 Å². The van der Waals surface area contributed by atoms with Gasteiger partial charge in [0.1, 0.15) is 6.04 Å². The first-order chi connectivity index (χ1) is 13.0. The van der Waals surface area contributed by atoms with Crippen LogP contribution in [0.3, 0.4) is 0 Å². The molecule has 1 aromatic carbocycles. The summed E-state index contributed by atoms with van der Waals surface area (Å²) in [4.78, 5) is 36.4. The number of amides is 2. The Balaban J connectivity index is 1.79. The van der Waals surface area contributed by atoms with E-state index in [-0.39, 0.29) is 18.0 Å². The SMILES string of the molecule is Cn1c(=O)n(C2CCC(=O)NC2=O)c2ccc(-c3cnn(CCN)c3)cc21. The second-order valence-electron chi connectivity index (χ2n) is 6.66. The standard InChI is InChI=1S/C18H20N6O3/c1-22-15-8-11(12-9-20-23(10-12)7-6-19)2-3-13(15)24(18(22)27)14-4-5-16(25)21-17(14)26/h2-3,8-10,14H,4-7,19H2,1H3,(H,21,25,26). The molecule has 0 bridgehead atoms. The Kier molecular flexibility index (Phi) is 4.15. The highest BCUT2D eigenvalue weighted by atomic mass is 16.2. The fourth-order valence-corrected chi connectivity index (χ4v) is 3.54. The van der Waals surface area contributed by atoms with Gasteiger partial charge in [-0.25, -0.2) is 4.79 Å². The van der Waals surface area contributed by atoms with Gasteiger partial charge in [-0.05, 0) is 24.1 Å². The molecule has 0 aliphatic carbocycles. The molecular weight excluding hydrogens is 348 g/mol. The lowest BCUT2D eigenvalue weighted by molar-refractivity contribution is -0.135. The fraction of sp³-hybridized carbons (Fsp3) is 0.333. The van der Waals surface area contributed by atoms with E-state index in [0.29, 0.717) is 30.5 Å². The lowest BCUT2D eigenvalue weighted by Crippen LogP contribution is -2.44. The van der Waals surface area contributed by atoms with Gasteiger partial charge >= 0.3 is 5.69 Å². The molecule has 2 aromatic heterocycles. The quantitative estimate of drug-likeness (QED) is 0.635. The van der Waals surface area contributed by atoms with Crippen LogP contribution in [-0.2, 0) is 23.2 Å². The highest BCUT2D eigenvalue weighted by Gasteiger charge is 2.31. The molecule has 2 amide bonds. The Morgan fingerprint density at radius 3 is 2.78 bits per heavy atom. The monoisotopic (exact) mass is 368 g/mol. The number of imidazole rings is 1. The number of nitrogens with two attached hydrogens (primary N) is 1. The predicted octanol–water partition coefficient (Wildman–Crippen LogP) is 0.140. The van der Waals surface area contributed by atoms with Crippen molar-refractivity contribution in [3.63, 3.8) is 0 Å². The lowest BCUT2D eigenvalue weighted by Gasteiger charge is -2.21. The second kappa shape index (κ2) is 6.51. The van der Waals surface area contributed by atoms with Gasteiger partial charge in [0.25, 0.3) is 0 Å². The summed E-state index contributed by atoms with van der Waals surface area (Å²) in [6.07, 6.45) is 4.20. The number of rotatable bonds is 4. The van der Waals surface area contributed by atoms with E-state index < -0.39 is 11.9 Å². The van der Waals surface area contributed by atoms with Crippen LogP contribution in [0.25, 0.3) is 22.2 Å². The molecule has 0 saturated carbocycles. The average Bonchev–Trinajstić information content (AvgIpc) is 3.20. The molecule has 3 aromatic rings. The van der Waals surface area contributed by atoms with Crippen molar-refractivity contribution in [2.45, 2.75) is 25.4 Å². The van der Waals surface area contributed by atoms with Gasteiger partial charge in [-0.3, -0.25) is 28.7 Å². The van der Waals surface area contributed by atoms with Gasteiger partial charge in [-0.1, -0.05) is 6.07 Å². The zero-order chi connectivity index (χ0) is 19.1. The van der Waals surface area contributed by atoms with E-state index in [4.69, 9.17) is 5.73 Å². The summed E-state index contributed by atoms with van der Waals surface area (Å²) in [5, 5.41) is 6.59. The third-order valence-electron chi connectivity index (χ3n) is 4.94. The Labute approximate surface area is 154 Å². The first-order valence-corrected chi connectivity index (χ1v) is 8.77. The number of hydrogen-bond acceptors (Lipinski definition) is 5. The number of aromatic nitrogens is 4. The highest BCUT2D eigenvalue weighted by Crippen LogP contribution is 2.27. The molecule has 1 saturated heterocycles. The summed E-state index contributed by atoms with van der Waals surface area (Å²) in [5.74, 6) is -0.741. The van der Waals surface area contributed by atoms with Gasteiger partial charge in [0, 0.05) is 31.8 Å². The van der Waals surface area contributed by atoms with Gasteiger partial charge in [0.2, 0.25) is 11.8 Å². The van der Waals surface area contributed by atoms with Gasteiger partial charge in [0.05, 0.1) is 23.8 Å². The van der Waals surface area contributed by atoms with Crippen LogP contribution in [0.5, 0.6) is 0 Å². The van der Waals surface area contributed by atoms with E-state index >= 15 is 0 Å². The van der Waals surface area contributed by atoms with Crippen molar-refractivity contribution >= 4 is 22.8 Å². The predicted molar refractivity (Wildman–Crippen MR) is 98.9 cm³/mol. The summed E-state index contributed by atoms with van der Waals surface area (Å²) < 4.78 is 4.76. The smallest absolute Gasteiger partial charge is 0.329 e. The van der Waals surface area contributed by atoms with Gasteiger partial charge < -0.3 is 5.73 Å². The van der Waals surface area contributed by atoms with Crippen LogP contribution in [0, 0.1) is 0 Å². The largest absolute Gasteiger partial charge is 0.329 e. The molecule has 9 heteroatoms. The molecule has 1 aliphatic heterocycles. The molecule has 27 heavy (non-hydrogen) atoms. The summed E-state index contributed by atoms with van der Waals surface area (Å²) >= 11 is 0. The molecule has 3 heterocycles. The van der Waals surface area contributed by atoms with Crippen LogP contribution in [0.15, 0.2) is 35.4 Å². The molecular formula is C18H20N6O3. The Morgan fingerprint density at radius 2 is 2.04 bits per heavy atom. The van der Waals surface area contributed by atoms with Crippen LogP contribution >= 0.6 is 0 Å². The minimum absolute atomic E-state index is 0.220. The minimum Gasteiger partial charge on any atom is -0.329 e. The van der Waals surface area contributed by atoms with Crippen molar-refractivity contribution in [2.24, 2.45) is 12.8 Å². The molecule has 3 N–H and O–H groups in total. The first-order valence-electron chi connectivity index (χ1n) is 8.77. The van der Waals surface area contributed by atoms with Crippen LogP contribution in [0.2, 0.25) is 0 Å². The maximum atomic E-state index is 12.8. The van der Waals surface area contributed by atoms with E-state index in [9.17, 15) is 14.4 Å². The molecule has 9 nitrogen and oxygen atoms in total. The lowest BCUT2D eigenvalue weighted by atomic mass is 10.1. The van der Waals surface area contributed by atoms with Crippen LogP contribution in [-0.4, -0.2) is 37.3 Å². The van der Waals surface area contributed by atoms with Crippen molar-refractivity contribution in [1.82, 2.24) is 24.2 Å². The number of hydrogen-bond donors (Lipinski definition) is 2. The van der Waals surface area contributed by atoms with Crippen molar-refractivity contribution in [1.29, 1.82) is 0 Å². The second-order valence-corrected chi connectivity index (χ2v) is 6.66. The van der Waals surface area contributed by atoms with Crippen molar-refractivity contribution in [3.8, 4) is 11.1 Å². The maximum absolute atomic E-state index is 12.8. The highest BCUT2D eigenvalue weighted by molar-refractivity contribution is 6.00. The number of imide groups is 1. The maximum Gasteiger partial charge on any atom is 0.329 e. The number of benzene rings is 1. The number of carbonyl (C=O) groups is 2. The van der Waals surface area contributed by atoms with Crippen LogP contribution in [0.1, 0.15) is 18.9 Å². The average molecular weight is 368 g/mol. The molecule has 1 fully saturated rings. The van der Waals surface area contributed by atoms with Crippen molar-refractivity contribution in [2.75, 3.05) is 6.54 Å². The molecule has 1 atom stereocenters.